The maximum Gasteiger partial charge on any atom is 0.410 e. The first-order valence-electron chi connectivity index (χ1n) is 8.29. The lowest BCUT2D eigenvalue weighted by molar-refractivity contribution is -0.139. The van der Waals surface area contributed by atoms with Crippen molar-refractivity contribution < 1.29 is 19.1 Å². The molecule has 0 N–H and O–H groups in total. The number of hydrogen-bond acceptors (Lipinski definition) is 4. The number of ether oxygens (including phenoxy) is 2. The van der Waals surface area contributed by atoms with Gasteiger partial charge in [-0.25, -0.2) is 4.79 Å². The van der Waals surface area contributed by atoms with Gasteiger partial charge in [0.25, 0.3) is 0 Å². The highest BCUT2D eigenvalue weighted by Crippen LogP contribution is 2.21. The fourth-order valence-corrected chi connectivity index (χ4v) is 2.92. The third-order valence-electron chi connectivity index (χ3n) is 4.32. The SMILES string of the molecule is COC(=O)Cc1ccc2c(c1)CCN(C(=O)OCc1ccccc1)C2. The van der Waals surface area contributed by atoms with Crippen molar-refractivity contribution in [1.29, 1.82) is 0 Å². The number of benzene rings is 2. The highest BCUT2D eigenvalue weighted by molar-refractivity contribution is 5.72. The monoisotopic (exact) mass is 339 g/mol. The van der Waals surface area contributed by atoms with Crippen molar-refractivity contribution in [2.45, 2.75) is 26.0 Å². The van der Waals surface area contributed by atoms with Crippen LogP contribution in [0, 0.1) is 0 Å². The number of rotatable bonds is 4. The van der Waals surface area contributed by atoms with Gasteiger partial charge in [-0.2, -0.15) is 0 Å². The Morgan fingerprint density at radius 3 is 2.60 bits per heavy atom. The smallest absolute Gasteiger partial charge is 0.410 e. The van der Waals surface area contributed by atoms with Crippen molar-refractivity contribution in [3.63, 3.8) is 0 Å². The Hall–Kier alpha value is -2.82. The van der Waals surface area contributed by atoms with E-state index in [1.165, 1.54) is 12.7 Å². The Morgan fingerprint density at radius 2 is 1.84 bits per heavy atom. The Kier molecular flexibility index (Phi) is 5.33. The van der Waals surface area contributed by atoms with E-state index in [9.17, 15) is 9.59 Å². The number of esters is 1. The zero-order valence-corrected chi connectivity index (χ0v) is 14.2. The summed E-state index contributed by atoms with van der Waals surface area (Å²) in [5, 5.41) is 0. The van der Waals surface area contributed by atoms with Crippen LogP contribution in [0.1, 0.15) is 22.3 Å². The Bertz CT molecular complexity index is 758. The van der Waals surface area contributed by atoms with Crippen LogP contribution in [0.5, 0.6) is 0 Å². The van der Waals surface area contributed by atoms with Crippen molar-refractivity contribution >= 4 is 12.1 Å². The predicted octanol–water partition coefficient (Wildman–Crippen LogP) is 3.10. The number of methoxy groups -OCH3 is 1. The van der Waals surface area contributed by atoms with Crippen LogP contribution in [0.4, 0.5) is 4.79 Å². The van der Waals surface area contributed by atoms with E-state index in [1.54, 1.807) is 4.90 Å². The maximum atomic E-state index is 12.3. The summed E-state index contributed by atoms with van der Waals surface area (Å²) in [5.41, 5.74) is 4.18. The van der Waals surface area contributed by atoms with Crippen molar-refractivity contribution in [1.82, 2.24) is 4.90 Å². The third kappa shape index (κ3) is 4.38. The van der Waals surface area contributed by atoms with Crippen molar-refractivity contribution in [3.05, 3.63) is 70.8 Å². The largest absolute Gasteiger partial charge is 0.469 e. The molecule has 1 aliphatic heterocycles. The highest BCUT2D eigenvalue weighted by Gasteiger charge is 2.22. The van der Waals surface area contributed by atoms with Gasteiger partial charge in [-0.3, -0.25) is 4.79 Å². The molecular weight excluding hydrogens is 318 g/mol. The quantitative estimate of drug-likeness (QED) is 0.803. The van der Waals surface area contributed by atoms with Crippen molar-refractivity contribution in [3.8, 4) is 0 Å². The summed E-state index contributed by atoms with van der Waals surface area (Å²) < 4.78 is 10.1. The molecular formula is C20H21NO4. The molecule has 0 aliphatic carbocycles. The fourth-order valence-electron chi connectivity index (χ4n) is 2.92. The van der Waals surface area contributed by atoms with Gasteiger partial charge in [0.1, 0.15) is 6.61 Å². The Balaban J connectivity index is 1.59. The molecule has 0 saturated heterocycles. The molecule has 130 valence electrons. The lowest BCUT2D eigenvalue weighted by Gasteiger charge is -2.28. The molecule has 1 amide bonds. The summed E-state index contributed by atoms with van der Waals surface area (Å²) in [4.78, 5) is 25.4. The average Bonchev–Trinajstić information content (AvgIpc) is 2.66. The molecule has 0 spiro atoms. The Labute approximate surface area is 147 Å². The molecule has 25 heavy (non-hydrogen) atoms. The molecule has 5 nitrogen and oxygen atoms in total. The summed E-state index contributed by atoms with van der Waals surface area (Å²) in [6.07, 6.45) is 0.727. The lowest BCUT2D eigenvalue weighted by atomic mass is 9.96. The van der Waals surface area contributed by atoms with Gasteiger partial charge >= 0.3 is 12.1 Å². The minimum atomic E-state index is -0.298. The predicted molar refractivity (Wildman–Crippen MR) is 92.9 cm³/mol. The standard InChI is InChI=1S/C20H21NO4/c1-24-19(22)12-16-7-8-18-13-21(10-9-17(18)11-16)20(23)25-14-15-5-3-2-4-6-15/h2-8,11H,9-10,12-14H2,1H3. The van der Waals surface area contributed by atoms with Gasteiger partial charge in [-0.1, -0.05) is 48.5 Å². The van der Waals surface area contributed by atoms with E-state index < -0.39 is 0 Å². The molecule has 0 fully saturated rings. The minimum absolute atomic E-state index is 0.248. The van der Waals surface area contributed by atoms with Crippen molar-refractivity contribution in [2.24, 2.45) is 0 Å². The Morgan fingerprint density at radius 1 is 1.04 bits per heavy atom. The van der Waals surface area contributed by atoms with Gasteiger partial charge in [0, 0.05) is 13.1 Å². The zero-order valence-electron chi connectivity index (χ0n) is 14.2. The first kappa shape index (κ1) is 17.0. The number of carbonyl (C=O) groups is 2. The fraction of sp³-hybridized carbons (Fsp3) is 0.300. The van der Waals surface area contributed by atoms with Gasteiger partial charge in [0.2, 0.25) is 0 Å². The summed E-state index contributed by atoms with van der Waals surface area (Å²) in [5.74, 6) is -0.248. The number of amides is 1. The number of nitrogens with zero attached hydrogens (tertiary/aromatic N) is 1. The molecule has 3 rings (SSSR count). The van der Waals surface area contributed by atoms with Crippen LogP contribution in [0.3, 0.4) is 0 Å². The van der Waals surface area contributed by atoms with E-state index in [1.807, 2.05) is 48.5 Å². The van der Waals surface area contributed by atoms with Gasteiger partial charge in [-0.15, -0.1) is 0 Å². The van der Waals surface area contributed by atoms with E-state index in [0.717, 1.165) is 23.1 Å². The van der Waals surface area contributed by atoms with Gasteiger partial charge < -0.3 is 14.4 Å². The van der Waals surface area contributed by atoms with Crippen LogP contribution in [-0.4, -0.2) is 30.6 Å². The third-order valence-corrected chi connectivity index (χ3v) is 4.32. The molecule has 1 aliphatic rings. The highest BCUT2D eigenvalue weighted by atomic mass is 16.6. The first-order valence-corrected chi connectivity index (χ1v) is 8.29. The summed E-state index contributed by atoms with van der Waals surface area (Å²) in [6.45, 7) is 1.42. The molecule has 2 aromatic carbocycles. The van der Waals surface area contributed by atoms with E-state index in [0.29, 0.717) is 13.1 Å². The molecule has 0 aromatic heterocycles. The van der Waals surface area contributed by atoms with Gasteiger partial charge in [0.05, 0.1) is 13.5 Å². The van der Waals surface area contributed by atoms with E-state index >= 15 is 0 Å². The van der Waals surface area contributed by atoms with Crippen LogP contribution in [-0.2, 0) is 40.3 Å². The molecule has 2 aromatic rings. The topological polar surface area (TPSA) is 55.8 Å². The molecule has 0 bridgehead atoms. The number of carbonyl (C=O) groups excluding carboxylic acids is 2. The van der Waals surface area contributed by atoms with E-state index in [2.05, 4.69) is 0 Å². The van der Waals surface area contributed by atoms with Crippen LogP contribution in [0.2, 0.25) is 0 Å². The molecule has 0 radical (unpaired) electrons. The molecule has 0 saturated carbocycles. The summed E-state index contributed by atoms with van der Waals surface area (Å²) in [7, 11) is 1.39. The average molecular weight is 339 g/mol. The molecule has 5 heteroatoms. The second kappa shape index (κ2) is 7.83. The number of fused-ring (bicyclic) bond motifs is 1. The minimum Gasteiger partial charge on any atom is -0.469 e. The van der Waals surface area contributed by atoms with Crippen LogP contribution < -0.4 is 0 Å². The number of hydrogen-bond donors (Lipinski definition) is 0. The second-order valence-corrected chi connectivity index (χ2v) is 6.07. The molecule has 1 heterocycles. The summed E-state index contributed by atoms with van der Waals surface area (Å²) >= 11 is 0. The molecule has 0 atom stereocenters. The van der Waals surface area contributed by atoms with Crippen LogP contribution in [0.25, 0.3) is 0 Å². The van der Waals surface area contributed by atoms with Gasteiger partial charge in [-0.05, 0) is 28.7 Å². The maximum absolute atomic E-state index is 12.3. The summed E-state index contributed by atoms with van der Waals surface area (Å²) in [6, 6.07) is 15.6. The lowest BCUT2D eigenvalue weighted by Crippen LogP contribution is -2.36. The van der Waals surface area contributed by atoms with Crippen LogP contribution >= 0.6 is 0 Å². The van der Waals surface area contributed by atoms with Crippen LogP contribution in [0.15, 0.2) is 48.5 Å². The zero-order chi connectivity index (χ0) is 17.6. The van der Waals surface area contributed by atoms with E-state index in [-0.39, 0.29) is 25.1 Å². The van der Waals surface area contributed by atoms with E-state index in [4.69, 9.17) is 9.47 Å². The molecule has 0 unspecified atom stereocenters. The normalized spacial score (nSPS) is 13.1. The first-order chi connectivity index (χ1) is 12.2. The van der Waals surface area contributed by atoms with Crippen molar-refractivity contribution in [2.75, 3.05) is 13.7 Å². The second-order valence-electron chi connectivity index (χ2n) is 6.07. The van der Waals surface area contributed by atoms with Gasteiger partial charge in [0.15, 0.2) is 0 Å².